The Morgan fingerprint density at radius 3 is 2.47 bits per heavy atom. The number of aryl methyl sites for hydroxylation is 1. The summed E-state index contributed by atoms with van der Waals surface area (Å²) in [4.78, 5) is 26.3. The first-order valence-corrected chi connectivity index (χ1v) is 10.7. The Bertz CT molecular complexity index is 1010. The molecule has 3 rings (SSSR count). The number of amides is 1. The molecule has 6 nitrogen and oxygen atoms in total. The molecule has 2 heterocycles. The van der Waals surface area contributed by atoms with Crippen LogP contribution in [0.4, 0.5) is 0 Å². The molecule has 0 radical (unpaired) electrons. The second kappa shape index (κ2) is 9.77. The minimum Gasteiger partial charge on any atom is -0.451 e. The Kier molecular flexibility index (Phi) is 7.11. The van der Waals surface area contributed by atoms with Gasteiger partial charge in [0.05, 0.1) is 0 Å². The third-order valence-corrected chi connectivity index (χ3v) is 5.76. The molecule has 1 saturated heterocycles. The number of hydrogen-bond donors (Lipinski definition) is 0. The van der Waals surface area contributed by atoms with E-state index in [2.05, 4.69) is 20.5 Å². The van der Waals surface area contributed by atoms with Gasteiger partial charge in [-0.3, -0.25) is 4.79 Å². The summed E-state index contributed by atoms with van der Waals surface area (Å²) in [6.45, 7) is 4.95. The lowest BCUT2D eigenvalue weighted by Gasteiger charge is -2.26. The van der Waals surface area contributed by atoms with E-state index in [0.29, 0.717) is 13.1 Å². The second-order valence-electron chi connectivity index (χ2n) is 7.33. The summed E-state index contributed by atoms with van der Waals surface area (Å²) in [7, 11) is 0. The van der Waals surface area contributed by atoms with Crippen molar-refractivity contribution in [1.29, 1.82) is 5.26 Å². The summed E-state index contributed by atoms with van der Waals surface area (Å²) < 4.78 is 8.17. The van der Waals surface area contributed by atoms with Crippen molar-refractivity contribution in [3.8, 4) is 11.8 Å². The molecule has 1 aromatic heterocycles. The lowest BCUT2D eigenvalue weighted by Crippen LogP contribution is -2.38. The monoisotopic (exact) mass is 469 g/mol. The van der Waals surface area contributed by atoms with E-state index in [1.54, 1.807) is 4.90 Å². The molecular weight excluding hydrogens is 446 g/mol. The number of hydrogen-bond acceptors (Lipinski definition) is 4. The van der Waals surface area contributed by atoms with Crippen LogP contribution in [0.5, 0.6) is 0 Å². The summed E-state index contributed by atoms with van der Waals surface area (Å²) in [6, 6.07) is 11.7. The van der Waals surface area contributed by atoms with Crippen molar-refractivity contribution in [1.82, 2.24) is 9.47 Å². The van der Waals surface area contributed by atoms with E-state index in [9.17, 15) is 14.9 Å². The Hall–Kier alpha value is -2.85. The average Bonchev–Trinajstić information content (AvgIpc) is 3.04. The molecule has 30 heavy (non-hydrogen) atoms. The number of carbonyl (C=O) groups is 2. The predicted molar refractivity (Wildman–Crippen MR) is 118 cm³/mol. The number of esters is 1. The van der Waals surface area contributed by atoms with Gasteiger partial charge in [-0.1, -0.05) is 15.9 Å². The van der Waals surface area contributed by atoms with Gasteiger partial charge in [0.15, 0.2) is 6.61 Å². The molecule has 1 aromatic carbocycles. The van der Waals surface area contributed by atoms with Crippen molar-refractivity contribution in [3.63, 3.8) is 0 Å². The summed E-state index contributed by atoms with van der Waals surface area (Å²) in [5, 5.41) is 9.46. The molecule has 1 aliphatic heterocycles. The molecule has 2 aromatic rings. The van der Waals surface area contributed by atoms with Crippen LogP contribution in [0.25, 0.3) is 11.8 Å². The zero-order valence-corrected chi connectivity index (χ0v) is 18.7. The van der Waals surface area contributed by atoms with Crippen LogP contribution in [0.1, 0.15) is 36.2 Å². The largest absolute Gasteiger partial charge is 0.451 e. The molecule has 7 heteroatoms. The zero-order valence-electron chi connectivity index (χ0n) is 17.2. The maximum atomic E-state index is 12.4. The first kappa shape index (κ1) is 21.8. The Labute approximate surface area is 184 Å². The number of piperidine rings is 1. The summed E-state index contributed by atoms with van der Waals surface area (Å²) in [6.07, 6.45) is 4.57. The van der Waals surface area contributed by atoms with E-state index in [0.717, 1.165) is 46.4 Å². The highest BCUT2D eigenvalue weighted by atomic mass is 79.9. The van der Waals surface area contributed by atoms with Gasteiger partial charge in [-0.15, -0.1) is 0 Å². The van der Waals surface area contributed by atoms with Crippen molar-refractivity contribution in [2.45, 2.75) is 33.1 Å². The highest BCUT2D eigenvalue weighted by Gasteiger charge is 2.20. The van der Waals surface area contributed by atoms with Gasteiger partial charge in [0, 0.05) is 34.6 Å². The van der Waals surface area contributed by atoms with E-state index in [4.69, 9.17) is 4.74 Å². The van der Waals surface area contributed by atoms with Crippen molar-refractivity contribution in [3.05, 3.63) is 57.3 Å². The van der Waals surface area contributed by atoms with Gasteiger partial charge in [-0.05, 0) is 75.1 Å². The molecule has 0 spiro atoms. The predicted octanol–water partition coefficient (Wildman–Crippen LogP) is 4.32. The van der Waals surface area contributed by atoms with Crippen LogP contribution in [-0.2, 0) is 14.3 Å². The fraction of sp³-hybridized carbons (Fsp3) is 0.348. The lowest BCUT2D eigenvalue weighted by molar-refractivity contribution is -0.149. The minimum absolute atomic E-state index is 0.127. The molecule has 0 aliphatic carbocycles. The van der Waals surface area contributed by atoms with Crippen LogP contribution in [0.15, 0.2) is 40.4 Å². The number of nitrogens with zero attached hydrogens (tertiary/aromatic N) is 3. The molecule has 0 N–H and O–H groups in total. The number of aromatic nitrogens is 1. The van der Waals surface area contributed by atoms with Gasteiger partial charge in [0.2, 0.25) is 0 Å². The van der Waals surface area contributed by atoms with E-state index in [1.807, 2.05) is 50.2 Å². The molecule has 1 amide bonds. The minimum atomic E-state index is -0.781. The molecule has 0 bridgehead atoms. The Morgan fingerprint density at radius 2 is 1.83 bits per heavy atom. The topological polar surface area (TPSA) is 75.3 Å². The molecule has 0 atom stereocenters. The van der Waals surface area contributed by atoms with Gasteiger partial charge >= 0.3 is 5.97 Å². The molecule has 1 aliphatic rings. The van der Waals surface area contributed by atoms with Crippen LogP contribution < -0.4 is 0 Å². The first-order valence-electron chi connectivity index (χ1n) is 9.92. The van der Waals surface area contributed by atoms with Crippen LogP contribution in [0, 0.1) is 25.2 Å². The first-order chi connectivity index (χ1) is 14.4. The number of rotatable bonds is 5. The summed E-state index contributed by atoms with van der Waals surface area (Å²) in [5.74, 6) is -0.995. The molecule has 0 saturated carbocycles. The van der Waals surface area contributed by atoms with E-state index < -0.39 is 5.97 Å². The summed E-state index contributed by atoms with van der Waals surface area (Å²) in [5.41, 5.74) is 3.50. The maximum absolute atomic E-state index is 12.4. The standard InChI is InChI=1S/C23H24BrN3O3/c1-16-12-18(17(2)27(16)21-8-6-20(24)7-9-21)13-19(14-25)23(29)30-15-22(28)26-10-4-3-5-11-26/h6-9,12-13H,3-5,10-11,15H2,1-2H3/b19-13+. The van der Waals surface area contributed by atoms with E-state index in [-0.39, 0.29) is 18.1 Å². The Balaban J connectivity index is 1.74. The number of carbonyl (C=O) groups excluding carboxylic acids is 2. The molecule has 0 unspecified atom stereocenters. The van der Waals surface area contributed by atoms with Crippen LogP contribution >= 0.6 is 15.9 Å². The number of benzene rings is 1. The van der Waals surface area contributed by atoms with Gasteiger partial charge in [-0.2, -0.15) is 5.26 Å². The van der Waals surface area contributed by atoms with E-state index in [1.165, 1.54) is 6.08 Å². The van der Waals surface area contributed by atoms with Crippen molar-refractivity contribution in [2.24, 2.45) is 0 Å². The Morgan fingerprint density at radius 1 is 1.17 bits per heavy atom. The number of ether oxygens (including phenoxy) is 1. The highest BCUT2D eigenvalue weighted by molar-refractivity contribution is 9.10. The normalized spacial score (nSPS) is 14.3. The highest BCUT2D eigenvalue weighted by Crippen LogP contribution is 2.24. The number of halogens is 1. The fourth-order valence-electron chi connectivity index (χ4n) is 3.65. The quantitative estimate of drug-likeness (QED) is 0.371. The van der Waals surface area contributed by atoms with E-state index >= 15 is 0 Å². The molecular formula is C23H24BrN3O3. The third kappa shape index (κ3) is 5.00. The third-order valence-electron chi connectivity index (χ3n) is 5.23. The van der Waals surface area contributed by atoms with Crippen LogP contribution in [0.2, 0.25) is 0 Å². The SMILES string of the molecule is Cc1cc(/C=C(\C#N)C(=O)OCC(=O)N2CCCCC2)c(C)n1-c1ccc(Br)cc1. The lowest BCUT2D eigenvalue weighted by atomic mass is 10.1. The van der Waals surface area contributed by atoms with Crippen LogP contribution in [-0.4, -0.2) is 41.0 Å². The number of likely N-dealkylation sites (tertiary alicyclic amines) is 1. The second-order valence-corrected chi connectivity index (χ2v) is 8.24. The maximum Gasteiger partial charge on any atom is 0.349 e. The average molecular weight is 470 g/mol. The van der Waals surface area contributed by atoms with Crippen molar-refractivity contribution >= 4 is 33.9 Å². The molecule has 156 valence electrons. The van der Waals surface area contributed by atoms with Crippen molar-refractivity contribution < 1.29 is 14.3 Å². The van der Waals surface area contributed by atoms with Gasteiger partial charge in [0.25, 0.3) is 5.91 Å². The van der Waals surface area contributed by atoms with Gasteiger partial charge in [-0.25, -0.2) is 4.79 Å². The fourth-order valence-corrected chi connectivity index (χ4v) is 3.92. The van der Waals surface area contributed by atoms with Gasteiger partial charge in [0.1, 0.15) is 11.6 Å². The smallest absolute Gasteiger partial charge is 0.349 e. The summed E-state index contributed by atoms with van der Waals surface area (Å²) >= 11 is 3.44. The van der Waals surface area contributed by atoms with Gasteiger partial charge < -0.3 is 14.2 Å². The zero-order chi connectivity index (χ0) is 21.7. The molecule has 1 fully saturated rings. The van der Waals surface area contributed by atoms with Crippen molar-refractivity contribution in [2.75, 3.05) is 19.7 Å². The number of nitriles is 1. The van der Waals surface area contributed by atoms with Crippen LogP contribution in [0.3, 0.4) is 0 Å².